The highest BCUT2D eigenvalue weighted by Gasteiger charge is 2.24. The molecular weight excluding hydrogens is 296 g/mol. The van der Waals surface area contributed by atoms with Crippen molar-refractivity contribution in [1.29, 1.82) is 0 Å². The van der Waals surface area contributed by atoms with Crippen molar-refractivity contribution in [1.82, 2.24) is 9.80 Å². The van der Waals surface area contributed by atoms with Crippen LogP contribution in [0.3, 0.4) is 0 Å². The van der Waals surface area contributed by atoms with Gasteiger partial charge in [-0.15, -0.1) is 0 Å². The monoisotopic (exact) mass is 316 g/mol. The van der Waals surface area contributed by atoms with Gasteiger partial charge in [-0.1, -0.05) is 18.2 Å². The second kappa shape index (κ2) is 6.52. The second-order valence-electron chi connectivity index (χ2n) is 5.93. The molecule has 1 amide bonds. The van der Waals surface area contributed by atoms with Crippen molar-refractivity contribution in [2.24, 2.45) is 0 Å². The number of hydrogen-bond donors (Lipinski definition) is 0. The summed E-state index contributed by atoms with van der Waals surface area (Å²) < 4.78 is 10.9. The molecule has 1 aliphatic rings. The molecule has 122 valence electrons. The summed E-state index contributed by atoms with van der Waals surface area (Å²) in [6, 6.07) is 8.74. The first-order valence-electron chi connectivity index (χ1n) is 7.63. The van der Waals surface area contributed by atoms with Crippen molar-refractivity contribution in [2.75, 3.05) is 40.3 Å². The van der Waals surface area contributed by atoms with Gasteiger partial charge >= 0.3 is 5.63 Å². The summed E-state index contributed by atoms with van der Waals surface area (Å²) in [4.78, 5) is 28.3. The second-order valence-corrected chi connectivity index (χ2v) is 5.93. The molecule has 3 rings (SSSR count). The molecule has 1 saturated heterocycles. The van der Waals surface area contributed by atoms with Gasteiger partial charge in [0.05, 0.1) is 12.7 Å². The summed E-state index contributed by atoms with van der Waals surface area (Å²) in [5, 5.41) is 0.734. The molecule has 0 aliphatic carbocycles. The Balaban J connectivity index is 1.79. The number of para-hydroxylation sites is 1. The van der Waals surface area contributed by atoms with Crippen LogP contribution < -0.4 is 5.63 Å². The van der Waals surface area contributed by atoms with Crippen molar-refractivity contribution in [3.8, 4) is 0 Å². The van der Waals surface area contributed by atoms with Crippen molar-refractivity contribution in [3.63, 3.8) is 0 Å². The van der Waals surface area contributed by atoms with Gasteiger partial charge in [0.15, 0.2) is 0 Å². The number of nitrogens with zero attached hydrogens (tertiary/aromatic N) is 2. The minimum Gasteiger partial charge on any atom is -0.422 e. The first-order chi connectivity index (χ1) is 11.0. The first-order valence-corrected chi connectivity index (χ1v) is 7.63. The Morgan fingerprint density at radius 3 is 2.96 bits per heavy atom. The predicted molar refractivity (Wildman–Crippen MR) is 86.7 cm³/mol. The highest BCUT2D eigenvalue weighted by atomic mass is 16.5. The van der Waals surface area contributed by atoms with Crippen molar-refractivity contribution in [2.45, 2.75) is 6.10 Å². The average Bonchev–Trinajstić information content (AvgIpc) is 2.53. The van der Waals surface area contributed by atoms with E-state index in [9.17, 15) is 9.59 Å². The Kier molecular flexibility index (Phi) is 4.45. The standard InChI is InChI=1S/C17H20N2O4/c1-18-7-8-22-13(10-18)11-19(2)16(20)14-9-12-5-3-4-6-15(12)23-17(14)21/h3-6,9,13H,7-8,10-11H2,1-2H3. The van der Waals surface area contributed by atoms with Gasteiger partial charge in [-0.05, 0) is 19.2 Å². The third kappa shape index (κ3) is 3.43. The van der Waals surface area contributed by atoms with Gasteiger partial charge in [-0.3, -0.25) is 4.79 Å². The third-order valence-electron chi connectivity index (χ3n) is 4.04. The molecule has 1 atom stereocenters. The first kappa shape index (κ1) is 15.7. The van der Waals surface area contributed by atoms with Crippen LogP contribution in [-0.4, -0.2) is 62.1 Å². The van der Waals surface area contributed by atoms with E-state index in [1.54, 1.807) is 25.2 Å². The summed E-state index contributed by atoms with van der Waals surface area (Å²) in [5.74, 6) is -0.346. The number of amides is 1. The molecule has 23 heavy (non-hydrogen) atoms. The molecule has 1 unspecified atom stereocenters. The Hall–Kier alpha value is -2.18. The number of ether oxygens (including phenoxy) is 1. The van der Waals surface area contributed by atoms with Crippen LogP contribution in [0.2, 0.25) is 0 Å². The molecular formula is C17H20N2O4. The minimum absolute atomic E-state index is 0.0461. The van der Waals surface area contributed by atoms with Crippen LogP contribution in [0.25, 0.3) is 11.0 Å². The molecule has 1 fully saturated rings. The lowest BCUT2D eigenvalue weighted by atomic mass is 10.1. The topological polar surface area (TPSA) is 63.0 Å². The van der Waals surface area contributed by atoms with Crippen LogP contribution >= 0.6 is 0 Å². The highest BCUT2D eigenvalue weighted by molar-refractivity contribution is 5.96. The van der Waals surface area contributed by atoms with Gasteiger partial charge in [-0.2, -0.15) is 0 Å². The molecule has 0 spiro atoms. The lowest BCUT2D eigenvalue weighted by Gasteiger charge is -2.32. The lowest BCUT2D eigenvalue weighted by Crippen LogP contribution is -2.46. The maximum absolute atomic E-state index is 12.6. The summed E-state index contributed by atoms with van der Waals surface area (Å²) in [7, 11) is 3.70. The number of fused-ring (bicyclic) bond motifs is 1. The number of likely N-dealkylation sites (N-methyl/N-ethyl adjacent to an activating group) is 2. The van der Waals surface area contributed by atoms with Crippen LogP contribution in [0, 0.1) is 0 Å². The molecule has 0 N–H and O–H groups in total. The maximum Gasteiger partial charge on any atom is 0.349 e. The van der Waals surface area contributed by atoms with Gasteiger partial charge in [0.25, 0.3) is 5.91 Å². The Morgan fingerprint density at radius 2 is 2.17 bits per heavy atom. The van der Waals surface area contributed by atoms with E-state index in [0.29, 0.717) is 18.7 Å². The maximum atomic E-state index is 12.6. The van der Waals surface area contributed by atoms with E-state index in [0.717, 1.165) is 18.5 Å². The van der Waals surface area contributed by atoms with Crippen molar-refractivity contribution in [3.05, 3.63) is 46.3 Å². The lowest BCUT2D eigenvalue weighted by molar-refractivity contribution is -0.0301. The van der Waals surface area contributed by atoms with Crippen LogP contribution in [0.15, 0.2) is 39.5 Å². The van der Waals surface area contributed by atoms with Gasteiger partial charge in [0.2, 0.25) is 0 Å². The fourth-order valence-corrected chi connectivity index (χ4v) is 2.78. The van der Waals surface area contributed by atoms with E-state index >= 15 is 0 Å². The molecule has 1 aromatic heterocycles. The van der Waals surface area contributed by atoms with Gasteiger partial charge in [-0.25, -0.2) is 4.79 Å². The van der Waals surface area contributed by atoms with E-state index in [1.807, 2.05) is 19.2 Å². The van der Waals surface area contributed by atoms with E-state index < -0.39 is 5.63 Å². The van der Waals surface area contributed by atoms with Crippen LogP contribution in [0.5, 0.6) is 0 Å². The molecule has 1 aliphatic heterocycles. The normalized spacial score (nSPS) is 19.0. The van der Waals surface area contributed by atoms with Crippen LogP contribution in [0.1, 0.15) is 10.4 Å². The number of hydrogen-bond acceptors (Lipinski definition) is 5. The number of benzene rings is 1. The molecule has 2 heterocycles. The molecule has 6 nitrogen and oxygen atoms in total. The number of morpholine rings is 1. The fraction of sp³-hybridized carbons (Fsp3) is 0.412. The number of carbonyl (C=O) groups is 1. The van der Waals surface area contributed by atoms with Gasteiger partial charge in [0, 0.05) is 32.1 Å². The number of rotatable bonds is 3. The molecule has 0 radical (unpaired) electrons. The van der Waals surface area contributed by atoms with Crippen LogP contribution in [-0.2, 0) is 4.74 Å². The molecule has 1 aromatic carbocycles. The van der Waals surface area contributed by atoms with Crippen molar-refractivity contribution < 1.29 is 13.9 Å². The predicted octanol–water partition coefficient (Wildman–Crippen LogP) is 1.20. The van der Waals surface area contributed by atoms with E-state index in [-0.39, 0.29) is 17.6 Å². The van der Waals surface area contributed by atoms with Gasteiger partial charge in [0.1, 0.15) is 11.1 Å². The Labute approximate surface area is 134 Å². The minimum atomic E-state index is -0.609. The molecule has 0 saturated carbocycles. The Bertz CT molecular complexity index is 771. The van der Waals surface area contributed by atoms with E-state index in [1.165, 1.54) is 4.90 Å². The van der Waals surface area contributed by atoms with E-state index in [2.05, 4.69) is 4.90 Å². The van der Waals surface area contributed by atoms with E-state index in [4.69, 9.17) is 9.15 Å². The highest BCUT2D eigenvalue weighted by Crippen LogP contribution is 2.14. The van der Waals surface area contributed by atoms with Crippen molar-refractivity contribution >= 4 is 16.9 Å². The summed E-state index contributed by atoms with van der Waals surface area (Å²) in [6.45, 7) is 2.75. The molecule has 0 bridgehead atoms. The largest absolute Gasteiger partial charge is 0.422 e. The zero-order valence-electron chi connectivity index (χ0n) is 13.3. The fourth-order valence-electron chi connectivity index (χ4n) is 2.78. The van der Waals surface area contributed by atoms with Gasteiger partial charge < -0.3 is 19.0 Å². The Morgan fingerprint density at radius 1 is 1.39 bits per heavy atom. The summed E-state index contributed by atoms with van der Waals surface area (Å²) >= 11 is 0. The zero-order valence-corrected chi connectivity index (χ0v) is 13.3. The molecule has 6 heteroatoms. The number of carbonyl (C=O) groups excluding carboxylic acids is 1. The third-order valence-corrected chi connectivity index (χ3v) is 4.04. The molecule has 2 aromatic rings. The average molecular weight is 316 g/mol. The smallest absolute Gasteiger partial charge is 0.349 e. The summed E-state index contributed by atoms with van der Waals surface area (Å²) in [5.41, 5.74) is -0.0773. The quantitative estimate of drug-likeness (QED) is 0.796. The summed E-state index contributed by atoms with van der Waals surface area (Å²) in [6.07, 6.45) is -0.0461. The zero-order chi connectivity index (χ0) is 16.4. The SMILES string of the molecule is CN1CCOC(CN(C)C(=O)c2cc3ccccc3oc2=O)C1. The van der Waals surface area contributed by atoms with Crippen LogP contribution in [0.4, 0.5) is 0 Å².